The van der Waals surface area contributed by atoms with Crippen LogP contribution in [0.25, 0.3) is 0 Å². The monoisotopic (exact) mass is 302 g/mol. The maximum Gasteiger partial charge on any atom is 0.231 e. The molecule has 1 aromatic carbocycles. The third-order valence-corrected chi connectivity index (χ3v) is 4.18. The molecule has 1 fully saturated rings. The van der Waals surface area contributed by atoms with Crippen molar-refractivity contribution in [2.24, 2.45) is 0 Å². The molecule has 0 aromatic heterocycles. The van der Waals surface area contributed by atoms with Crippen LogP contribution in [0.4, 0.5) is 0 Å². The lowest BCUT2D eigenvalue weighted by molar-refractivity contribution is -0.132. The zero-order valence-corrected chi connectivity index (χ0v) is 12.8. The van der Waals surface area contributed by atoms with Crippen LogP contribution in [0.3, 0.4) is 0 Å². The largest absolute Gasteiger partial charge is 0.454 e. The van der Waals surface area contributed by atoms with E-state index in [0.29, 0.717) is 6.42 Å². The maximum atomic E-state index is 12.3. The van der Waals surface area contributed by atoms with E-state index in [1.807, 2.05) is 29.2 Å². The van der Waals surface area contributed by atoms with Crippen molar-refractivity contribution in [2.75, 3.05) is 39.5 Å². The first-order chi connectivity index (χ1) is 10.8. The van der Waals surface area contributed by atoms with Crippen LogP contribution in [0.2, 0.25) is 0 Å². The molecule has 1 amide bonds. The number of benzene rings is 1. The van der Waals surface area contributed by atoms with Gasteiger partial charge in [0.05, 0.1) is 0 Å². The van der Waals surface area contributed by atoms with Gasteiger partial charge >= 0.3 is 0 Å². The summed E-state index contributed by atoms with van der Waals surface area (Å²) in [7, 11) is 0. The van der Waals surface area contributed by atoms with Gasteiger partial charge in [-0.05, 0) is 24.1 Å². The Balaban J connectivity index is 1.47. The van der Waals surface area contributed by atoms with Crippen LogP contribution in [-0.2, 0) is 11.2 Å². The molecule has 0 spiro atoms. The van der Waals surface area contributed by atoms with Gasteiger partial charge in [-0.25, -0.2) is 0 Å². The molecule has 5 heteroatoms. The summed E-state index contributed by atoms with van der Waals surface area (Å²) in [6, 6.07) is 5.89. The number of carbonyl (C=O) groups is 1. The lowest BCUT2D eigenvalue weighted by Gasteiger charge is -2.34. The average molecular weight is 302 g/mol. The van der Waals surface area contributed by atoms with Gasteiger partial charge in [0.25, 0.3) is 0 Å². The van der Waals surface area contributed by atoms with Gasteiger partial charge < -0.3 is 14.4 Å². The quantitative estimate of drug-likeness (QED) is 0.776. The summed E-state index contributed by atoms with van der Waals surface area (Å²) < 4.78 is 10.7. The number of amides is 1. The molecule has 0 unspecified atom stereocenters. The highest BCUT2D eigenvalue weighted by Gasteiger charge is 2.20. The van der Waals surface area contributed by atoms with Crippen LogP contribution in [0.15, 0.2) is 30.9 Å². The predicted molar refractivity (Wildman–Crippen MR) is 84.1 cm³/mol. The Morgan fingerprint density at radius 2 is 1.95 bits per heavy atom. The van der Waals surface area contributed by atoms with E-state index in [1.165, 1.54) is 0 Å². The molecular weight excluding hydrogens is 280 g/mol. The second-order valence-electron chi connectivity index (χ2n) is 5.66. The smallest absolute Gasteiger partial charge is 0.231 e. The van der Waals surface area contributed by atoms with Gasteiger partial charge in [0.1, 0.15) is 0 Å². The first-order valence-electron chi connectivity index (χ1n) is 7.76. The molecule has 2 aliphatic rings. The summed E-state index contributed by atoms with van der Waals surface area (Å²) in [5, 5.41) is 0. The van der Waals surface area contributed by atoms with Crippen LogP contribution in [-0.4, -0.2) is 55.2 Å². The Morgan fingerprint density at radius 3 is 2.73 bits per heavy atom. The molecule has 0 bridgehead atoms. The van der Waals surface area contributed by atoms with E-state index in [2.05, 4.69) is 11.5 Å². The molecule has 2 aliphatic heterocycles. The van der Waals surface area contributed by atoms with Gasteiger partial charge in [0, 0.05) is 39.1 Å². The highest BCUT2D eigenvalue weighted by molar-refractivity contribution is 5.76. The minimum Gasteiger partial charge on any atom is -0.454 e. The first kappa shape index (κ1) is 14.9. The normalized spacial score (nSPS) is 17.5. The minimum absolute atomic E-state index is 0.232. The fourth-order valence-electron chi connectivity index (χ4n) is 2.87. The van der Waals surface area contributed by atoms with Crippen LogP contribution >= 0.6 is 0 Å². The van der Waals surface area contributed by atoms with Crippen LogP contribution in [0.5, 0.6) is 11.5 Å². The van der Waals surface area contributed by atoms with Crippen LogP contribution in [0.1, 0.15) is 12.0 Å². The van der Waals surface area contributed by atoms with E-state index in [9.17, 15) is 4.79 Å². The van der Waals surface area contributed by atoms with Gasteiger partial charge in [-0.15, -0.1) is 6.58 Å². The predicted octanol–water partition coefficient (Wildman–Crippen LogP) is 1.68. The summed E-state index contributed by atoms with van der Waals surface area (Å²) in [4.78, 5) is 16.6. The van der Waals surface area contributed by atoms with E-state index in [1.54, 1.807) is 0 Å². The number of ether oxygens (including phenoxy) is 2. The fraction of sp³-hybridized carbons (Fsp3) is 0.471. The molecule has 0 N–H and O–H groups in total. The van der Waals surface area contributed by atoms with Crippen LogP contribution in [0, 0.1) is 0 Å². The van der Waals surface area contributed by atoms with Crippen molar-refractivity contribution in [3.8, 4) is 11.5 Å². The second kappa shape index (κ2) is 6.83. The Hall–Kier alpha value is -2.01. The molecule has 1 aromatic rings. The fourth-order valence-corrected chi connectivity index (χ4v) is 2.87. The first-order valence-corrected chi connectivity index (χ1v) is 7.76. The SMILES string of the molecule is C=CCN1CCN(C(=O)CCc2ccc3c(c2)OCO3)CC1. The molecule has 0 aliphatic carbocycles. The van der Waals surface area contributed by atoms with E-state index in [4.69, 9.17) is 9.47 Å². The number of carbonyl (C=O) groups excluding carboxylic acids is 1. The molecule has 22 heavy (non-hydrogen) atoms. The molecule has 1 saturated heterocycles. The zero-order valence-electron chi connectivity index (χ0n) is 12.8. The molecule has 3 rings (SSSR count). The standard InChI is InChI=1S/C17H22N2O3/c1-2-7-18-8-10-19(11-9-18)17(20)6-4-14-3-5-15-16(12-14)22-13-21-15/h2-3,5,12H,1,4,6-11,13H2. The summed E-state index contributed by atoms with van der Waals surface area (Å²) >= 11 is 0. The molecule has 0 atom stereocenters. The summed E-state index contributed by atoms with van der Waals surface area (Å²) in [6.07, 6.45) is 3.20. The maximum absolute atomic E-state index is 12.3. The topological polar surface area (TPSA) is 42.0 Å². The minimum atomic E-state index is 0.232. The van der Waals surface area contributed by atoms with Gasteiger partial charge in [-0.2, -0.15) is 0 Å². The van der Waals surface area contributed by atoms with Crippen molar-refractivity contribution in [3.63, 3.8) is 0 Å². The molecular formula is C17H22N2O3. The van der Waals surface area contributed by atoms with Crippen molar-refractivity contribution >= 4 is 5.91 Å². The van der Waals surface area contributed by atoms with E-state index < -0.39 is 0 Å². The number of piperazine rings is 1. The highest BCUT2D eigenvalue weighted by atomic mass is 16.7. The Kier molecular flexibility index (Phi) is 4.63. The molecule has 2 heterocycles. The number of hydrogen-bond acceptors (Lipinski definition) is 4. The summed E-state index contributed by atoms with van der Waals surface area (Å²) in [6.45, 7) is 8.43. The summed E-state index contributed by atoms with van der Waals surface area (Å²) in [5.74, 6) is 1.80. The van der Waals surface area contributed by atoms with Crippen molar-refractivity contribution in [1.29, 1.82) is 0 Å². The number of aryl methyl sites for hydroxylation is 1. The number of rotatable bonds is 5. The van der Waals surface area contributed by atoms with E-state index in [-0.39, 0.29) is 12.7 Å². The second-order valence-corrected chi connectivity index (χ2v) is 5.66. The Labute approximate surface area is 131 Å². The molecule has 5 nitrogen and oxygen atoms in total. The average Bonchev–Trinajstić information content (AvgIpc) is 3.01. The van der Waals surface area contributed by atoms with Crippen LogP contribution < -0.4 is 9.47 Å². The van der Waals surface area contributed by atoms with Gasteiger partial charge in [-0.3, -0.25) is 9.69 Å². The number of hydrogen-bond donors (Lipinski definition) is 0. The Morgan fingerprint density at radius 1 is 1.18 bits per heavy atom. The lowest BCUT2D eigenvalue weighted by atomic mass is 10.1. The molecule has 0 saturated carbocycles. The van der Waals surface area contributed by atoms with Crippen molar-refractivity contribution in [3.05, 3.63) is 36.4 Å². The van der Waals surface area contributed by atoms with Gasteiger partial charge in [-0.1, -0.05) is 12.1 Å². The van der Waals surface area contributed by atoms with E-state index in [0.717, 1.165) is 56.2 Å². The third kappa shape index (κ3) is 3.42. The van der Waals surface area contributed by atoms with E-state index >= 15 is 0 Å². The van der Waals surface area contributed by atoms with Crippen molar-refractivity contribution in [1.82, 2.24) is 9.80 Å². The molecule has 118 valence electrons. The van der Waals surface area contributed by atoms with Crippen molar-refractivity contribution in [2.45, 2.75) is 12.8 Å². The zero-order chi connectivity index (χ0) is 15.4. The third-order valence-electron chi connectivity index (χ3n) is 4.18. The number of nitrogens with zero attached hydrogens (tertiary/aromatic N) is 2. The molecule has 0 radical (unpaired) electrons. The van der Waals surface area contributed by atoms with Gasteiger partial charge in [0.2, 0.25) is 12.7 Å². The van der Waals surface area contributed by atoms with Gasteiger partial charge in [0.15, 0.2) is 11.5 Å². The van der Waals surface area contributed by atoms with Crippen molar-refractivity contribution < 1.29 is 14.3 Å². The highest BCUT2D eigenvalue weighted by Crippen LogP contribution is 2.32. The Bertz CT molecular complexity index is 551. The summed E-state index contributed by atoms with van der Waals surface area (Å²) in [5.41, 5.74) is 1.11. The lowest BCUT2D eigenvalue weighted by Crippen LogP contribution is -2.48. The number of fused-ring (bicyclic) bond motifs is 1.